The Labute approximate surface area is 114 Å². The van der Waals surface area contributed by atoms with Crippen molar-refractivity contribution in [3.63, 3.8) is 0 Å². The summed E-state index contributed by atoms with van der Waals surface area (Å²) >= 11 is 0. The van der Waals surface area contributed by atoms with Crippen LogP contribution in [0.15, 0.2) is 28.7 Å². The molecule has 2 rings (SSSR count). The molecule has 2 N–H and O–H groups in total. The summed E-state index contributed by atoms with van der Waals surface area (Å²) in [7, 11) is 0. The maximum absolute atomic E-state index is 11.9. The van der Waals surface area contributed by atoms with E-state index in [1.54, 1.807) is 0 Å². The third-order valence-electron chi connectivity index (χ3n) is 2.96. The molecule has 0 fully saturated rings. The second-order valence-electron chi connectivity index (χ2n) is 4.70. The van der Waals surface area contributed by atoms with Crippen molar-refractivity contribution in [1.82, 2.24) is 0 Å². The van der Waals surface area contributed by atoms with Gasteiger partial charge in [0.25, 0.3) is 0 Å². The molecule has 0 bridgehead atoms. The lowest BCUT2D eigenvalue weighted by atomic mass is 10.1. The Hall–Kier alpha value is -1.53. The maximum Gasteiger partial charge on any atom is 0.411 e. The smallest absolute Gasteiger partial charge is 0.411 e. The predicted octanol–water partition coefficient (Wildman–Crippen LogP) is 3.71. The summed E-state index contributed by atoms with van der Waals surface area (Å²) in [5.74, 6) is 0.560. The maximum atomic E-state index is 11.9. The minimum atomic E-state index is -4.30. The summed E-state index contributed by atoms with van der Waals surface area (Å²) in [6.07, 6.45) is -4.03. The Balaban J connectivity index is 1.94. The number of alkyl halides is 3. The zero-order valence-corrected chi connectivity index (χ0v) is 11.0. The van der Waals surface area contributed by atoms with Gasteiger partial charge in [0.1, 0.15) is 18.0 Å². The molecule has 1 heterocycles. The van der Waals surface area contributed by atoms with E-state index >= 15 is 0 Å². The number of halogens is 3. The van der Waals surface area contributed by atoms with E-state index in [9.17, 15) is 13.2 Å². The molecule has 1 unspecified atom stereocenters. The topological polar surface area (TPSA) is 48.4 Å². The summed E-state index contributed by atoms with van der Waals surface area (Å²) in [6, 6.07) is 7.08. The van der Waals surface area contributed by atoms with E-state index in [0.29, 0.717) is 5.76 Å². The van der Waals surface area contributed by atoms with Crippen molar-refractivity contribution in [2.75, 3.05) is 13.2 Å². The van der Waals surface area contributed by atoms with E-state index in [1.807, 2.05) is 31.2 Å². The lowest BCUT2D eigenvalue weighted by Gasteiger charge is -2.10. The number of ether oxygens (including phenoxy) is 1. The van der Waals surface area contributed by atoms with Crippen molar-refractivity contribution < 1.29 is 22.3 Å². The van der Waals surface area contributed by atoms with Crippen LogP contribution in [0, 0.1) is 6.92 Å². The van der Waals surface area contributed by atoms with E-state index in [1.165, 1.54) is 0 Å². The molecule has 0 spiro atoms. The SMILES string of the molecule is Cc1cccc2cc(C(N)CCOCC(F)(F)F)oc12. The van der Waals surface area contributed by atoms with E-state index in [2.05, 4.69) is 4.74 Å². The Bertz CT molecular complexity index is 577. The van der Waals surface area contributed by atoms with Crippen LogP contribution in [-0.4, -0.2) is 19.4 Å². The molecule has 0 saturated heterocycles. The van der Waals surface area contributed by atoms with Crippen molar-refractivity contribution in [2.24, 2.45) is 5.73 Å². The van der Waals surface area contributed by atoms with Gasteiger partial charge in [-0.1, -0.05) is 18.2 Å². The third-order valence-corrected chi connectivity index (χ3v) is 2.96. The van der Waals surface area contributed by atoms with Crippen LogP contribution >= 0.6 is 0 Å². The van der Waals surface area contributed by atoms with Gasteiger partial charge in [0.15, 0.2) is 0 Å². The number of para-hydroxylation sites is 1. The normalized spacial score (nSPS) is 13.8. The number of fused-ring (bicyclic) bond motifs is 1. The largest absolute Gasteiger partial charge is 0.459 e. The standard InChI is InChI=1S/C14H16F3NO2/c1-9-3-2-4-10-7-12(20-13(9)10)11(18)5-6-19-8-14(15,16)17/h2-4,7,11H,5-6,8,18H2,1H3. The van der Waals surface area contributed by atoms with Gasteiger partial charge in [-0.3, -0.25) is 0 Å². The van der Waals surface area contributed by atoms with Gasteiger partial charge in [0, 0.05) is 12.0 Å². The Morgan fingerprint density at radius 2 is 2.10 bits per heavy atom. The Morgan fingerprint density at radius 3 is 2.75 bits per heavy atom. The predicted molar refractivity (Wildman–Crippen MR) is 69.4 cm³/mol. The molecule has 110 valence electrons. The fourth-order valence-electron chi connectivity index (χ4n) is 1.95. The minimum absolute atomic E-state index is 0.0588. The van der Waals surface area contributed by atoms with Crippen LogP contribution in [0.3, 0.4) is 0 Å². The lowest BCUT2D eigenvalue weighted by Crippen LogP contribution is -2.19. The van der Waals surface area contributed by atoms with Gasteiger partial charge in [-0.2, -0.15) is 13.2 Å². The minimum Gasteiger partial charge on any atom is -0.459 e. The number of nitrogens with two attached hydrogens (primary N) is 1. The summed E-state index contributed by atoms with van der Waals surface area (Å²) in [6.45, 7) is 0.614. The highest BCUT2D eigenvalue weighted by Gasteiger charge is 2.27. The van der Waals surface area contributed by atoms with Gasteiger partial charge >= 0.3 is 6.18 Å². The molecule has 0 radical (unpaired) electrons. The molecule has 0 aliphatic rings. The Morgan fingerprint density at radius 1 is 1.35 bits per heavy atom. The fourth-order valence-corrected chi connectivity index (χ4v) is 1.95. The zero-order chi connectivity index (χ0) is 14.8. The summed E-state index contributed by atoms with van der Waals surface area (Å²) < 4.78 is 45.9. The molecule has 0 aliphatic carbocycles. The summed E-state index contributed by atoms with van der Waals surface area (Å²) in [5, 5.41) is 0.937. The highest BCUT2D eigenvalue weighted by atomic mass is 19.4. The molecule has 1 aromatic heterocycles. The molecule has 3 nitrogen and oxygen atoms in total. The summed E-state index contributed by atoms with van der Waals surface area (Å²) in [4.78, 5) is 0. The molecule has 0 aliphatic heterocycles. The molecule has 20 heavy (non-hydrogen) atoms. The van der Waals surface area contributed by atoms with E-state index in [4.69, 9.17) is 10.2 Å². The second-order valence-corrected chi connectivity index (χ2v) is 4.70. The van der Waals surface area contributed by atoms with Crippen LogP contribution < -0.4 is 5.73 Å². The van der Waals surface area contributed by atoms with Crippen LogP contribution in [-0.2, 0) is 4.74 Å². The van der Waals surface area contributed by atoms with Gasteiger partial charge in [0.05, 0.1) is 6.04 Å². The van der Waals surface area contributed by atoms with Crippen molar-refractivity contribution in [3.05, 3.63) is 35.6 Å². The first-order chi connectivity index (χ1) is 9.37. The van der Waals surface area contributed by atoms with Crippen LogP contribution in [0.1, 0.15) is 23.8 Å². The number of rotatable bonds is 5. The molecule has 0 saturated carbocycles. The van der Waals surface area contributed by atoms with Crippen molar-refractivity contribution in [3.8, 4) is 0 Å². The van der Waals surface area contributed by atoms with Gasteiger partial charge in [-0.15, -0.1) is 0 Å². The van der Waals surface area contributed by atoms with Crippen LogP contribution in [0.2, 0.25) is 0 Å². The van der Waals surface area contributed by atoms with Crippen LogP contribution in [0.5, 0.6) is 0 Å². The van der Waals surface area contributed by atoms with Gasteiger partial charge in [-0.05, 0) is 25.0 Å². The monoisotopic (exact) mass is 287 g/mol. The van der Waals surface area contributed by atoms with Crippen molar-refractivity contribution in [2.45, 2.75) is 25.6 Å². The first-order valence-corrected chi connectivity index (χ1v) is 6.26. The van der Waals surface area contributed by atoms with Crippen molar-refractivity contribution >= 4 is 11.0 Å². The number of aryl methyl sites for hydroxylation is 1. The number of furan rings is 1. The summed E-state index contributed by atoms with van der Waals surface area (Å²) in [5.41, 5.74) is 7.66. The average Bonchev–Trinajstić information content (AvgIpc) is 2.79. The average molecular weight is 287 g/mol. The lowest BCUT2D eigenvalue weighted by molar-refractivity contribution is -0.174. The van der Waals surface area contributed by atoms with E-state index in [0.717, 1.165) is 16.5 Å². The quantitative estimate of drug-likeness (QED) is 0.853. The molecule has 6 heteroatoms. The zero-order valence-electron chi connectivity index (χ0n) is 11.0. The second kappa shape index (κ2) is 5.85. The number of benzene rings is 1. The molecule has 2 aromatic rings. The van der Waals surface area contributed by atoms with Gasteiger partial charge in [0.2, 0.25) is 0 Å². The molecule has 1 atom stereocenters. The highest BCUT2D eigenvalue weighted by Crippen LogP contribution is 2.26. The highest BCUT2D eigenvalue weighted by molar-refractivity contribution is 5.80. The van der Waals surface area contributed by atoms with Gasteiger partial charge < -0.3 is 14.9 Å². The molecular formula is C14H16F3NO2. The first-order valence-electron chi connectivity index (χ1n) is 6.26. The number of hydrogen-bond acceptors (Lipinski definition) is 3. The van der Waals surface area contributed by atoms with Crippen molar-refractivity contribution in [1.29, 1.82) is 0 Å². The van der Waals surface area contributed by atoms with Gasteiger partial charge in [-0.25, -0.2) is 0 Å². The van der Waals surface area contributed by atoms with Crippen LogP contribution in [0.25, 0.3) is 11.0 Å². The van der Waals surface area contributed by atoms with E-state index in [-0.39, 0.29) is 13.0 Å². The number of hydrogen-bond donors (Lipinski definition) is 1. The molecule has 1 aromatic carbocycles. The Kier molecular flexibility index (Phi) is 4.35. The third kappa shape index (κ3) is 3.74. The molecule has 0 amide bonds. The van der Waals surface area contributed by atoms with E-state index < -0.39 is 18.8 Å². The fraction of sp³-hybridized carbons (Fsp3) is 0.429. The molecular weight excluding hydrogens is 271 g/mol. The first kappa shape index (κ1) is 14.9. The van der Waals surface area contributed by atoms with Crippen LogP contribution in [0.4, 0.5) is 13.2 Å².